The Morgan fingerprint density at radius 2 is 1.90 bits per heavy atom. The molecule has 2 aromatic rings. The summed E-state index contributed by atoms with van der Waals surface area (Å²) in [7, 11) is -3.55. The average molecular weight is 331 g/mol. The molecule has 0 saturated heterocycles. The summed E-state index contributed by atoms with van der Waals surface area (Å²) in [5.41, 5.74) is 6.38. The molecule has 0 amide bonds. The van der Waals surface area contributed by atoms with Crippen molar-refractivity contribution in [3.8, 4) is 0 Å². The quantitative estimate of drug-likeness (QED) is 0.885. The Morgan fingerprint density at radius 1 is 1.25 bits per heavy atom. The summed E-state index contributed by atoms with van der Waals surface area (Å²) in [6.45, 7) is 2.17. The van der Waals surface area contributed by atoms with Crippen LogP contribution in [0.4, 0.5) is 0 Å². The van der Waals surface area contributed by atoms with E-state index >= 15 is 0 Å². The van der Waals surface area contributed by atoms with Crippen molar-refractivity contribution in [2.75, 3.05) is 0 Å². The molecule has 0 spiro atoms. The molecule has 4 nitrogen and oxygen atoms in total. The number of nitrogens with one attached hydrogen (secondary N) is 1. The first-order valence-electron chi connectivity index (χ1n) is 5.99. The van der Waals surface area contributed by atoms with Crippen LogP contribution in [0.3, 0.4) is 0 Å². The Bertz CT molecular complexity index is 681. The van der Waals surface area contributed by atoms with E-state index in [1.54, 1.807) is 37.3 Å². The van der Waals surface area contributed by atoms with E-state index in [1.807, 2.05) is 6.07 Å². The molecule has 0 saturated carbocycles. The van der Waals surface area contributed by atoms with E-state index in [1.165, 1.54) is 11.3 Å². The van der Waals surface area contributed by atoms with Gasteiger partial charge < -0.3 is 5.73 Å². The number of halogens is 1. The lowest BCUT2D eigenvalue weighted by Gasteiger charge is -2.13. The summed E-state index contributed by atoms with van der Waals surface area (Å²) < 4.78 is 27.8. The van der Waals surface area contributed by atoms with Crippen LogP contribution in [0.2, 0.25) is 4.34 Å². The molecule has 20 heavy (non-hydrogen) atoms. The van der Waals surface area contributed by atoms with Crippen molar-refractivity contribution in [2.24, 2.45) is 5.73 Å². The lowest BCUT2D eigenvalue weighted by Crippen LogP contribution is -2.26. The van der Waals surface area contributed by atoms with Crippen molar-refractivity contribution < 1.29 is 8.42 Å². The van der Waals surface area contributed by atoms with Crippen LogP contribution in [-0.4, -0.2) is 8.42 Å². The topological polar surface area (TPSA) is 72.2 Å². The summed E-state index contributed by atoms with van der Waals surface area (Å²) in [6, 6.07) is 9.77. The van der Waals surface area contributed by atoms with Gasteiger partial charge in [0.15, 0.2) is 0 Å². The van der Waals surface area contributed by atoms with E-state index in [9.17, 15) is 8.42 Å². The van der Waals surface area contributed by atoms with Gasteiger partial charge in [-0.3, -0.25) is 0 Å². The maximum Gasteiger partial charge on any atom is 0.241 e. The molecule has 0 aliphatic carbocycles. The smallest absolute Gasteiger partial charge is 0.241 e. The van der Waals surface area contributed by atoms with Crippen LogP contribution in [0.15, 0.2) is 41.3 Å². The molecule has 0 fully saturated rings. The highest BCUT2D eigenvalue weighted by Gasteiger charge is 2.19. The Morgan fingerprint density at radius 3 is 2.40 bits per heavy atom. The fraction of sp³-hybridized carbons (Fsp3) is 0.231. The van der Waals surface area contributed by atoms with E-state index in [0.717, 1.165) is 10.4 Å². The van der Waals surface area contributed by atoms with Crippen molar-refractivity contribution >= 4 is 33.0 Å². The molecule has 0 aliphatic rings. The number of hydrogen-bond acceptors (Lipinski definition) is 4. The Hall–Kier alpha value is -0.920. The first kappa shape index (κ1) is 15.5. The highest BCUT2D eigenvalue weighted by atomic mass is 35.5. The molecular weight excluding hydrogens is 316 g/mol. The van der Waals surface area contributed by atoms with Crippen LogP contribution in [0.25, 0.3) is 0 Å². The third-order valence-electron chi connectivity index (χ3n) is 2.82. The van der Waals surface area contributed by atoms with Gasteiger partial charge in [-0.05, 0) is 36.8 Å². The average Bonchev–Trinajstić information content (AvgIpc) is 2.85. The second kappa shape index (κ2) is 6.24. The van der Waals surface area contributed by atoms with Crippen molar-refractivity contribution in [1.29, 1.82) is 0 Å². The number of thiophene rings is 1. The maximum atomic E-state index is 12.3. The van der Waals surface area contributed by atoms with Gasteiger partial charge in [0.05, 0.1) is 15.3 Å². The Labute approximate surface area is 127 Å². The van der Waals surface area contributed by atoms with Crippen molar-refractivity contribution in [1.82, 2.24) is 4.72 Å². The van der Waals surface area contributed by atoms with Crippen molar-refractivity contribution in [3.05, 3.63) is 51.2 Å². The first-order chi connectivity index (χ1) is 9.42. The minimum atomic E-state index is -3.55. The van der Waals surface area contributed by atoms with Crippen LogP contribution in [0.1, 0.15) is 23.4 Å². The zero-order chi connectivity index (χ0) is 14.8. The van der Waals surface area contributed by atoms with Gasteiger partial charge in [-0.15, -0.1) is 11.3 Å². The van der Waals surface area contributed by atoms with Crippen molar-refractivity contribution in [2.45, 2.75) is 24.4 Å². The summed E-state index contributed by atoms with van der Waals surface area (Å²) in [5, 5.41) is 0. The Kier molecular flexibility index (Phi) is 4.82. The van der Waals surface area contributed by atoms with Gasteiger partial charge in [0, 0.05) is 11.4 Å². The largest absolute Gasteiger partial charge is 0.326 e. The molecule has 1 aromatic carbocycles. The van der Waals surface area contributed by atoms with E-state index in [-0.39, 0.29) is 10.9 Å². The third-order valence-corrected chi connectivity index (χ3v) is 5.79. The van der Waals surface area contributed by atoms with E-state index in [2.05, 4.69) is 4.72 Å². The zero-order valence-electron chi connectivity index (χ0n) is 10.8. The summed E-state index contributed by atoms with van der Waals surface area (Å²) in [5.74, 6) is 0. The maximum absolute atomic E-state index is 12.3. The second-order valence-corrected chi connectivity index (χ2v) is 7.79. The van der Waals surface area contributed by atoms with Gasteiger partial charge in [0.1, 0.15) is 0 Å². The van der Waals surface area contributed by atoms with Gasteiger partial charge in [-0.2, -0.15) is 0 Å². The van der Waals surface area contributed by atoms with Gasteiger partial charge in [0.2, 0.25) is 10.0 Å². The van der Waals surface area contributed by atoms with Crippen LogP contribution in [-0.2, 0) is 16.6 Å². The summed E-state index contributed by atoms with van der Waals surface area (Å²) in [4.78, 5) is 1.10. The molecule has 1 aromatic heterocycles. The fourth-order valence-electron chi connectivity index (χ4n) is 1.72. The SMILES string of the molecule is CC(NS(=O)(=O)c1ccc(CN)cc1)c1ccc(Cl)s1. The number of sulfonamides is 1. The zero-order valence-corrected chi connectivity index (χ0v) is 13.2. The highest BCUT2D eigenvalue weighted by molar-refractivity contribution is 7.89. The van der Waals surface area contributed by atoms with E-state index in [4.69, 9.17) is 17.3 Å². The van der Waals surface area contributed by atoms with Gasteiger partial charge in [-0.25, -0.2) is 13.1 Å². The van der Waals surface area contributed by atoms with Crippen LogP contribution < -0.4 is 10.5 Å². The summed E-state index contributed by atoms with van der Waals surface area (Å²) in [6.07, 6.45) is 0. The molecule has 2 rings (SSSR count). The van der Waals surface area contributed by atoms with Crippen LogP contribution >= 0.6 is 22.9 Å². The first-order valence-corrected chi connectivity index (χ1v) is 8.66. The number of hydrogen-bond donors (Lipinski definition) is 2. The highest BCUT2D eigenvalue weighted by Crippen LogP contribution is 2.27. The number of benzene rings is 1. The molecule has 1 atom stereocenters. The lowest BCUT2D eigenvalue weighted by molar-refractivity contribution is 0.568. The molecule has 7 heteroatoms. The predicted octanol–water partition coefficient (Wildman–Crippen LogP) is 2.90. The molecule has 3 N–H and O–H groups in total. The molecular formula is C13H15ClN2O2S2. The molecule has 0 radical (unpaired) electrons. The number of nitrogens with two attached hydrogens (primary N) is 1. The van der Waals surface area contributed by atoms with Crippen molar-refractivity contribution in [3.63, 3.8) is 0 Å². The third kappa shape index (κ3) is 3.59. The van der Waals surface area contributed by atoms with E-state index < -0.39 is 10.0 Å². The molecule has 1 unspecified atom stereocenters. The van der Waals surface area contributed by atoms with Gasteiger partial charge in [0.25, 0.3) is 0 Å². The fourth-order valence-corrected chi connectivity index (χ4v) is 4.09. The normalized spacial score (nSPS) is 13.3. The molecule has 1 heterocycles. The summed E-state index contributed by atoms with van der Waals surface area (Å²) >= 11 is 7.22. The molecule has 0 aliphatic heterocycles. The number of rotatable bonds is 5. The minimum absolute atomic E-state index is 0.226. The predicted molar refractivity (Wildman–Crippen MR) is 82.4 cm³/mol. The second-order valence-electron chi connectivity index (χ2n) is 4.33. The van der Waals surface area contributed by atoms with Crippen LogP contribution in [0, 0.1) is 0 Å². The van der Waals surface area contributed by atoms with Gasteiger partial charge >= 0.3 is 0 Å². The van der Waals surface area contributed by atoms with Crippen LogP contribution in [0.5, 0.6) is 0 Å². The minimum Gasteiger partial charge on any atom is -0.326 e. The molecule has 108 valence electrons. The van der Waals surface area contributed by atoms with Gasteiger partial charge in [-0.1, -0.05) is 23.7 Å². The Balaban J connectivity index is 2.17. The molecule has 0 bridgehead atoms. The lowest BCUT2D eigenvalue weighted by atomic mass is 10.2. The monoisotopic (exact) mass is 330 g/mol. The van der Waals surface area contributed by atoms with E-state index in [0.29, 0.717) is 10.9 Å². The standard InChI is InChI=1S/C13H15ClN2O2S2/c1-9(12-6-7-13(14)19-12)16-20(17,18)11-4-2-10(8-15)3-5-11/h2-7,9,16H,8,15H2,1H3.